The van der Waals surface area contributed by atoms with Crippen LogP contribution in [0, 0.1) is 0 Å². The minimum Gasteiger partial charge on any atom is -0.468 e. The summed E-state index contributed by atoms with van der Waals surface area (Å²) in [5.41, 5.74) is -0.0236. The highest BCUT2D eigenvalue weighted by Gasteiger charge is 2.13. The van der Waals surface area contributed by atoms with Gasteiger partial charge in [-0.3, -0.25) is 9.59 Å². The molecule has 1 aromatic rings. The van der Waals surface area contributed by atoms with Crippen LogP contribution in [0.2, 0.25) is 5.02 Å². The molecule has 0 aliphatic rings. The Balaban J connectivity index is 2.97. The van der Waals surface area contributed by atoms with Gasteiger partial charge in [0.2, 0.25) is 0 Å². The summed E-state index contributed by atoms with van der Waals surface area (Å²) >= 11 is 6.00. The summed E-state index contributed by atoms with van der Waals surface area (Å²) in [4.78, 5) is 23.0. The number of anilines is 1. The van der Waals surface area contributed by atoms with Crippen molar-refractivity contribution in [1.29, 1.82) is 0 Å². The normalized spacial score (nSPS) is 10.6. The van der Waals surface area contributed by atoms with Gasteiger partial charge in [-0.2, -0.15) is 5.10 Å². The molecule has 0 radical (unpaired) electrons. The van der Waals surface area contributed by atoms with Gasteiger partial charge >= 0.3 is 5.97 Å². The Morgan fingerprint density at radius 2 is 2.16 bits per heavy atom. The zero-order valence-electron chi connectivity index (χ0n) is 11.3. The van der Waals surface area contributed by atoms with Crippen molar-refractivity contribution in [3.8, 4) is 0 Å². The van der Waals surface area contributed by atoms with Gasteiger partial charge < -0.3 is 10.1 Å². The lowest BCUT2D eigenvalue weighted by Crippen LogP contribution is -2.29. The van der Waals surface area contributed by atoms with E-state index in [1.807, 2.05) is 13.8 Å². The Bertz CT molecular complexity index is 497. The number of aromatic nitrogens is 2. The molecule has 0 aliphatic carbocycles. The SMILES string of the molecule is CCC(CC)Nc1cnn(CC(=O)OC)c(=O)c1Cl. The van der Waals surface area contributed by atoms with Crippen LogP contribution in [0.4, 0.5) is 5.69 Å². The number of hydrogen-bond acceptors (Lipinski definition) is 5. The van der Waals surface area contributed by atoms with E-state index >= 15 is 0 Å². The van der Waals surface area contributed by atoms with E-state index in [4.69, 9.17) is 11.6 Å². The first-order valence-electron chi connectivity index (χ1n) is 6.12. The molecule has 0 saturated heterocycles. The van der Waals surface area contributed by atoms with E-state index < -0.39 is 11.5 Å². The molecule has 1 N–H and O–H groups in total. The average molecular weight is 288 g/mol. The van der Waals surface area contributed by atoms with Crippen LogP contribution in [0.3, 0.4) is 0 Å². The summed E-state index contributed by atoms with van der Waals surface area (Å²) in [6.07, 6.45) is 3.28. The molecule has 0 fully saturated rings. The summed E-state index contributed by atoms with van der Waals surface area (Å²) in [6, 6.07) is 0.232. The third-order valence-electron chi connectivity index (χ3n) is 2.84. The zero-order valence-corrected chi connectivity index (χ0v) is 12.0. The first-order chi connectivity index (χ1) is 9.03. The highest BCUT2D eigenvalue weighted by Crippen LogP contribution is 2.18. The van der Waals surface area contributed by atoms with Gasteiger partial charge in [0.05, 0.1) is 19.0 Å². The van der Waals surface area contributed by atoms with Crippen LogP contribution in [-0.4, -0.2) is 28.9 Å². The van der Waals surface area contributed by atoms with Gasteiger partial charge in [0.1, 0.15) is 11.6 Å². The van der Waals surface area contributed by atoms with Crippen LogP contribution >= 0.6 is 11.6 Å². The molecular weight excluding hydrogens is 270 g/mol. The van der Waals surface area contributed by atoms with E-state index in [-0.39, 0.29) is 17.6 Å². The highest BCUT2D eigenvalue weighted by atomic mass is 35.5. The third-order valence-corrected chi connectivity index (χ3v) is 3.20. The van der Waals surface area contributed by atoms with Crippen molar-refractivity contribution in [3.05, 3.63) is 21.6 Å². The Kier molecular flexibility index (Phi) is 5.82. The maximum Gasteiger partial charge on any atom is 0.327 e. The van der Waals surface area contributed by atoms with E-state index in [2.05, 4.69) is 15.2 Å². The standard InChI is InChI=1S/C12H18ClN3O3/c1-4-8(5-2)15-9-6-14-16(7-10(17)19-3)12(18)11(9)13/h6,8,15H,4-5,7H2,1-3H3. The second-order valence-corrected chi connectivity index (χ2v) is 4.45. The van der Waals surface area contributed by atoms with Gasteiger partial charge in [-0.1, -0.05) is 25.4 Å². The molecule has 0 atom stereocenters. The first-order valence-corrected chi connectivity index (χ1v) is 6.50. The van der Waals surface area contributed by atoms with E-state index in [0.29, 0.717) is 5.69 Å². The molecule has 0 amide bonds. The molecule has 0 aliphatic heterocycles. The second kappa shape index (κ2) is 7.13. The van der Waals surface area contributed by atoms with Crippen LogP contribution < -0.4 is 10.9 Å². The van der Waals surface area contributed by atoms with Crippen molar-refractivity contribution >= 4 is 23.3 Å². The van der Waals surface area contributed by atoms with Gasteiger partial charge in [0.25, 0.3) is 5.56 Å². The lowest BCUT2D eigenvalue weighted by atomic mass is 10.1. The summed E-state index contributed by atoms with van der Waals surface area (Å²) in [7, 11) is 1.25. The van der Waals surface area contributed by atoms with E-state index in [1.54, 1.807) is 0 Å². The van der Waals surface area contributed by atoms with Gasteiger partial charge in [0, 0.05) is 6.04 Å². The molecule has 0 aromatic carbocycles. The van der Waals surface area contributed by atoms with Crippen LogP contribution in [0.15, 0.2) is 11.0 Å². The lowest BCUT2D eigenvalue weighted by molar-refractivity contribution is -0.141. The van der Waals surface area contributed by atoms with E-state index in [0.717, 1.165) is 17.5 Å². The van der Waals surface area contributed by atoms with Crippen molar-refractivity contribution in [2.45, 2.75) is 39.3 Å². The monoisotopic (exact) mass is 287 g/mol. The topological polar surface area (TPSA) is 73.2 Å². The molecule has 0 unspecified atom stereocenters. The molecule has 0 saturated carbocycles. The number of hydrogen-bond donors (Lipinski definition) is 1. The predicted molar refractivity (Wildman–Crippen MR) is 73.5 cm³/mol. The van der Waals surface area contributed by atoms with Gasteiger partial charge in [-0.05, 0) is 12.8 Å². The zero-order chi connectivity index (χ0) is 14.4. The summed E-state index contributed by atoms with van der Waals surface area (Å²) in [5.74, 6) is -0.550. The highest BCUT2D eigenvalue weighted by molar-refractivity contribution is 6.32. The number of carbonyl (C=O) groups is 1. The molecule has 1 rings (SSSR count). The number of rotatable bonds is 6. The Morgan fingerprint density at radius 1 is 1.53 bits per heavy atom. The minimum atomic E-state index is -0.550. The quantitative estimate of drug-likeness (QED) is 0.806. The fourth-order valence-electron chi connectivity index (χ4n) is 1.58. The summed E-state index contributed by atoms with van der Waals surface area (Å²) < 4.78 is 5.46. The predicted octanol–water partition coefficient (Wildman–Crippen LogP) is 1.67. The molecular formula is C12H18ClN3O3. The Labute approximate surface area is 116 Å². The fourth-order valence-corrected chi connectivity index (χ4v) is 1.78. The van der Waals surface area contributed by atoms with Crippen molar-refractivity contribution < 1.29 is 9.53 Å². The minimum absolute atomic E-state index is 0.0332. The van der Waals surface area contributed by atoms with Crippen LogP contribution in [0.1, 0.15) is 26.7 Å². The maximum atomic E-state index is 11.9. The smallest absolute Gasteiger partial charge is 0.327 e. The molecule has 106 valence electrons. The molecule has 19 heavy (non-hydrogen) atoms. The van der Waals surface area contributed by atoms with Gasteiger partial charge in [-0.15, -0.1) is 0 Å². The number of nitrogens with zero attached hydrogens (tertiary/aromatic N) is 2. The second-order valence-electron chi connectivity index (χ2n) is 4.07. The number of esters is 1. The van der Waals surface area contributed by atoms with Gasteiger partial charge in [0.15, 0.2) is 0 Å². The number of carbonyl (C=O) groups excluding carboxylic acids is 1. The molecule has 6 nitrogen and oxygen atoms in total. The Hall–Kier alpha value is -1.56. The molecule has 0 spiro atoms. The number of ether oxygens (including phenoxy) is 1. The summed E-state index contributed by atoms with van der Waals surface area (Å²) in [6.45, 7) is 3.84. The van der Waals surface area contributed by atoms with Crippen molar-refractivity contribution in [2.24, 2.45) is 0 Å². The van der Waals surface area contributed by atoms with Crippen LogP contribution in [0.5, 0.6) is 0 Å². The number of methoxy groups -OCH3 is 1. The van der Waals surface area contributed by atoms with Gasteiger partial charge in [-0.25, -0.2) is 4.68 Å². The fraction of sp³-hybridized carbons (Fsp3) is 0.583. The van der Waals surface area contributed by atoms with E-state index in [9.17, 15) is 9.59 Å². The van der Waals surface area contributed by atoms with Crippen LogP contribution in [0.25, 0.3) is 0 Å². The van der Waals surface area contributed by atoms with Crippen molar-refractivity contribution in [3.63, 3.8) is 0 Å². The first kappa shape index (κ1) is 15.5. The van der Waals surface area contributed by atoms with Crippen molar-refractivity contribution in [1.82, 2.24) is 9.78 Å². The lowest BCUT2D eigenvalue weighted by Gasteiger charge is -2.17. The van der Waals surface area contributed by atoms with Crippen LogP contribution in [-0.2, 0) is 16.1 Å². The number of nitrogens with one attached hydrogen (secondary N) is 1. The molecule has 7 heteroatoms. The third kappa shape index (κ3) is 3.96. The average Bonchev–Trinajstić information content (AvgIpc) is 2.43. The number of halogens is 1. The molecule has 1 heterocycles. The largest absolute Gasteiger partial charge is 0.468 e. The Morgan fingerprint density at radius 3 is 2.68 bits per heavy atom. The maximum absolute atomic E-state index is 11.9. The molecule has 1 aromatic heterocycles. The van der Waals surface area contributed by atoms with Crippen molar-refractivity contribution in [2.75, 3.05) is 12.4 Å². The summed E-state index contributed by atoms with van der Waals surface area (Å²) in [5, 5.41) is 7.10. The van der Waals surface area contributed by atoms with E-state index in [1.165, 1.54) is 13.3 Å². The molecule has 0 bridgehead atoms.